The van der Waals surface area contributed by atoms with Gasteiger partial charge in [-0.25, -0.2) is 0 Å². The number of amides is 1. The van der Waals surface area contributed by atoms with Gasteiger partial charge >= 0.3 is 0 Å². The van der Waals surface area contributed by atoms with E-state index in [-0.39, 0.29) is 17.4 Å². The van der Waals surface area contributed by atoms with Gasteiger partial charge in [-0.1, -0.05) is 32.9 Å². The maximum absolute atomic E-state index is 13.2. The Morgan fingerprint density at radius 2 is 1.92 bits per heavy atom. The van der Waals surface area contributed by atoms with Gasteiger partial charge in [-0.05, 0) is 53.6 Å². The minimum atomic E-state index is 0.0813. The molecule has 1 fully saturated rings. The number of hydrogen-bond acceptors (Lipinski definition) is 2. The van der Waals surface area contributed by atoms with Crippen LogP contribution in [0.3, 0.4) is 0 Å². The van der Waals surface area contributed by atoms with Crippen molar-refractivity contribution < 1.29 is 4.79 Å². The Kier molecular flexibility index (Phi) is 4.06. The summed E-state index contributed by atoms with van der Waals surface area (Å²) in [4.78, 5) is 22.6. The van der Waals surface area contributed by atoms with Crippen molar-refractivity contribution in [3.63, 3.8) is 0 Å². The lowest BCUT2D eigenvalue weighted by Gasteiger charge is -2.24. The van der Waals surface area contributed by atoms with E-state index in [4.69, 9.17) is 0 Å². The van der Waals surface area contributed by atoms with Crippen LogP contribution in [0.15, 0.2) is 48.8 Å². The third-order valence-electron chi connectivity index (χ3n) is 5.32. The van der Waals surface area contributed by atoms with Gasteiger partial charge in [0.05, 0.1) is 6.04 Å². The summed E-state index contributed by atoms with van der Waals surface area (Å²) in [5, 5.41) is 1.08. The topological polar surface area (TPSA) is 49.0 Å². The Balaban J connectivity index is 1.65. The molecule has 1 N–H and O–H groups in total. The van der Waals surface area contributed by atoms with E-state index < -0.39 is 0 Å². The number of H-pyrrole nitrogens is 1. The highest BCUT2D eigenvalue weighted by Gasteiger charge is 2.31. The minimum absolute atomic E-state index is 0.0813. The van der Waals surface area contributed by atoms with Gasteiger partial charge in [-0.2, -0.15) is 0 Å². The summed E-state index contributed by atoms with van der Waals surface area (Å²) in [6, 6.07) is 12.6. The summed E-state index contributed by atoms with van der Waals surface area (Å²) in [6.07, 6.45) is 5.64. The molecule has 1 atom stereocenters. The van der Waals surface area contributed by atoms with Crippen LogP contribution in [0.4, 0.5) is 0 Å². The zero-order chi connectivity index (χ0) is 18.3. The molecule has 4 heteroatoms. The van der Waals surface area contributed by atoms with Gasteiger partial charge in [0.2, 0.25) is 0 Å². The molecule has 4 nitrogen and oxygen atoms in total. The van der Waals surface area contributed by atoms with Crippen molar-refractivity contribution in [3.8, 4) is 0 Å². The molecule has 1 amide bonds. The van der Waals surface area contributed by atoms with Crippen LogP contribution in [0.25, 0.3) is 10.9 Å². The Morgan fingerprint density at radius 1 is 1.15 bits per heavy atom. The zero-order valence-electron chi connectivity index (χ0n) is 15.6. The number of rotatable bonds is 2. The number of carbonyl (C=O) groups is 1. The van der Waals surface area contributed by atoms with E-state index in [2.05, 4.69) is 48.9 Å². The minimum Gasteiger partial charge on any atom is -0.351 e. The van der Waals surface area contributed by atoms with E-state index in [9.17, 15) is 4.79 Å². The fourth-order valence-corrected chi connectivity index (χ4v) is 3.81. The third-order valence-corrected chi connectivity index (χ3v) is 5.32. The molecule has 0 aliphatic carbocycles. The standard InChI is InChI=1S/C22H25N3O/c1-22(2,3)17-7-6-16-13-19(24-18(16)14-17)21(26)25-12-4-5-20(25)15-8-10-23-11-9-15/h6-11,13-14,20,24H,4-5,12H2,1-3H3/t20-/m0/s1. The lowest BCUT2D eigenvalue weighted by atomic mass is 9.87. The van der Waals surface area contributed by atoms with Crippen LogP contribution >= 0.6 is 0 Å². The Hall–Kier alpha value is -2.62. The van der Waals surface area contributed by atoms with Gasteiger partial charge < -0.3 is 9.88 Å². The van der Waals surface area contributed by atoms with Gasteiger partial charge in [0, 0.05) is 29.8 Å². The Labute approximate surface area is 154 Å². The highest BCUT2D eigenvalue weighted by atomic mass is 16.2. The van der Waals surface area contributed by atoms with Gasteiger partial charge in [0.15, 0.2) is 0 Å². The number of nitrogens with zero attached hydrogens (tertiary/aromatic N) is 2. The summed E-state index contributed by atoms with van der Waals surface area (Å²) in [5.41, 5.74) is 4.22. The summed E-state index contributed by atoms with van der Waals surface area (Å²) in [6.45, 7) is 7.40. The van der Waals surface area contributed by atoms with E-state index >= 15 is 0 Å². The second-order valence-electron chi connectivity index (χ2n) is 8.17. The van der Waals surface area contributed by atoms with E-state index in [0.29, 0.717) is 5.69 Å². The molecule has 26 heavy (non-hydrogen) atoms. The van der Waals surface area contributed by atoms with Gasteiger partial charge in [-0.3, -0.25) is 9.78 Å². The van der Waals surface area contributed by atoms with Crippen LogP contribution in [-0.4, -0.2) is 27.3 Å². The lowest BCUT2D eigenvalue weighted by Crippen LogP contribution is -2.30. The molecule has 0 bridgehead atoms. The summed E-state index contributed by atoms with van der Waals surface area (Å²) >= 11 is 0. The molecule has 3 heterocycles. The first-order valence-electron chi connectivity index (χ1n) is 9.27. The van der Waals surface area contributed by atoms with Crippen LogP contribution in [-0.2, 0) is 5.41 Å². The van der Waals surface area contributed by atoms with Gasteiger partial charge in [0.1, 0.15) is 5.69 Å². The number of hydrogen-bond donors (Lipinski definition) is 1. The molecule has 0 spiro atoms. The van der Waals surface area contributed by atoms with Crippen molar-refractivity contribution in [1.82, 2.24) is 14.9 Å². The van der Waals surface area contributed by atoms with Crippen molar-refractivity contribution in [3.05, 3.63) is 65.6 Å². The molecule has 0 unspecified atom stereocenters. The SMILES string of the molecule is CC(C)(C)c1ccc2cc(C(=O)N3CCC[C@H]3c3ccncc3)[nH]c2c1. The lowest BCUT2D eigenvalue weighted by molar-refractivity contribution is 0.0730. The van der Waals surface area contributed by atoms with E-state index in [1.807, 2.05) is 23.1 Å². The van der Waals surface area contributed by atoms with E-state index in [0.717, 1.165) is 35.9 Å². The predicted molar refractivity (Wildman–Crippen MR) is 104 cm³/mol. The molecule has 0 saturated carbocycles. The molecule has 3 aromatic rings. The molecule has 1 aromatic carbocycles. The monoisotopic (exact) mass is 347 g/mol. The van der Waals surface area contributed by atoms with Crippen molar-refractivity contribution in [1.29, 1.82) is 0 Å². The average molecular weight is 347 g/mol. The normalized spacial score (nSPS) is 17.8. The number of aromatic amines is 1. The second kappa shape index (κ2) is 6.27. The number of benzene rings is 1. The number of carbonyl (C=O) groups excluding carboxylic acids is 1. The van der Waals surface area contributed by atoms with E-state index in [1.165, 1.54) is 5.56 Å². The third kappa shape index (κ3) is 3.00. The Bertz CT molecular complexity index is 937. The van der Waals surface area contributed by atoms with Crippen LogP contribution in [0, 0.1) is 0 Å². The van der Waals surface area contributed by atoms with Crippen LogP contribution in [0.2, 0.25) is 0 Å². The fraction of sp³-hybridized carbons (Fsp3) is 0.364. The van der Waals surface area contributed by atoms with Crippen LogP contribution in [0.1, 0.15) is 61.3 Å². The van der Waals surface area contributed by atoms with Crippen molar-refractivity contribution in [2.75, 3.05) is 6.54 Å². The molecule has 4 rings (SSSR count). The highest BCUT2D eigenvalue weighted by Crippen LogP contribution is 2.33. The number of likely N-dealkylation sites (tertiary alicyclic amines) is 1. The molecule has 2 aromatic heterocycles. The van der Waals surface area contributed by atoms with Crippen LogP contribution < -0.4 is 0 Å². The number of pyridine rings is 1. The smallest absolute Gasteiger partial charge is 0.270 e. The van der Waals surface area contributed by atoms with Crippen molar-refractivity contribution >= 4 is 16.8 Å². The second-order valence-corrected chi connectivity index (χ2v) is 8.17. The maximum Gasteiger partial charge on any atom is 0.270 e. The number of fused-ring (bicyclic) bond motifs is 1. The zero-order valence-corrected chi connectivity index (χ0v) is 15.6. The molecular formula is C22H25N3O. The Morgan fingerprint density at radius 3 is 2.65 bits per heavy atom. The first-order valence-corrected chi connectivity index (χ1v) is 9.27. The van der Waals surface area contributed by atoms with E-state index in [1.54, 1.807) is 12.4 Å². The molecule has 1 aliphatic heterocycles. The summed E-state index contributed by atoms with van der Waals surface area (Å²) in [7, 11) is 0. The number of aromatic nitrogens is 2. The summed E-state index contributed by atoms with van der Waals surface area (Å²) in [5.74, 6) is 0.0813. The average Bonchev–Trinajstić information content (AvgIpc) is 3.27. The summed E-state index contributed by atoms with van der Waals surface area (Å²) < 4.78 is 0. The van der Waals surface area contributed by atoms with Gasteiger partial charge in [0.25, 0.3) is 5.91 Å². The maximum atomic E-state index is 13.2. The number of nitrogens with one attached hydrogen (secondary N) is 1. The quantitative estimate of drug-likeness (QED) is 0.721. The first kappa shape index (κ1) is 16.8. The molecule has 1 saturated heterocycles. The fourth-order valence-electron chi connectivity index (χ4n) is 3.81. The predicted octanol–water partition coefficient (Wildman–Crippen LogP) is 4.84. The molecular weight excluding hydrogens is 322 g/mol. The first-order chi connectivity index (χ1) is 12.4. The molecule has 134 valence electrons. The van der Waals surface area contributed by atoms with Crippen molar-refractivity contribution in [2.45, 2.75) is 45.1 Å². The molecule has 0 radical (unpaired) electrons. The van der Waals surface area contributed by atoms with Crippen molar-refractivity contribution in [2.24, 2.45) is 0 Å². The van der Waals surface area contributed by atoms with Gasteiger partial charge in [-0.15, -0.1) is 0 Å². The highest BCUT2D eigenvalue weighted by molar-refractivity contribution is 5.98. The molecule has 1 aliphatic rings. The van der Waals surface area contributed by atoms with Crippen LogP contribution in [0.5, 0.6) is 0 Å². The largest absolute Gasteiger partial charge is 0.351 e.